The van der Waals surface area contributed by atoms with E-state index in [2.05, 4.69) is 0 Å². The number of carbonyl (C=O) groups is 1. The third-order valence-electron chi connectivity index (χ3n) is 3.40. The highest BCUT2D eigenvalue weighted by Crippen LogP contribution is 2.31. The van der Waals surface area contributed by atoms with Crippen LogP contribution in [0.15, 0.2) is 30.3 Å². The molecule has 1 aromatic carbocycles. The summed E-state index contributed by atoms with van der Waals surface area (Å²) < 4.78 is 4.86. The summed E-state index contributed by atoms with van der Waals surface area (Å²) in [5.41, 5.74) is -1.08. The Labute approximate surface area is 112 Å². The minimum Gasteiger partial charge on any atom is -0.464 e. The van der Waals surface area contributed by atoms with Crippen molar-refractivity contribution in [3.63, 3.8) is 0 Å². The molecule has 1 aliphatic heterocycles. The Morgan fingerprint density at radius 3 is 2.79 bits per heavy atom. The van der Waals surface area contributed by atoms with Crippen LogP contribution in [0, 0.1) is 0 Å². The topological polar surface area (TPSA) is 70.0 Å². The van der Waals surface area contributed by atoms with E-state index in [-0.39, 0.29) is 13.0 Å². The lowest BCUT2D eigenvalue weighted by atomic mass is 9.90. The number of carbonyl (C=O) groups excluding carboxylic acids is 1. The number of aliphatic hydroxyl groups excluding tert-OH is 1. The maximum atomic E-state index is 11.8. The van der Waals surface area contributed by atoms with Crippen molar-refractivity contribution in [1.82, 2.24) is 0 Å². The van der Waals surface area contributed by atoms with E-state index in [4.69, 9.17) is 4.74 Å². The number of nitrogens with zero attached hydrogens (tertiary/aromatic N) is 1. The number of para-hydroxylation sites is 1. The summed E-state index contributed by atoms with van der Waals surface area (Å²) in [7, 11) is 0. The molecule has 1 aromatic rings. The standard InChI is InChI=1S/C14H19NO4/c1-2-19-13(17)14(18)9-6-10-15(12(14)16)11-7-4-3-5-8-11/h3-5,7-8,12,16,18H,2,6,9-10H2,1H3. The normalized spacial score (nSPS) is 27.1. The number of rotatable bonds is 3. The highest BCUT2D eigenvalue weighted by molar-refractivity contribution is 5.81. The molecule has 0 aliphatic carbocycles. The molecule has 19 heavy (non-hydrogen) atoms. The van der Waals surface area contributed by atoms with Crippen LogP contribution in [-0.4, -0.2) is 41.2 Å². The number of hydrogen-bond acceptors (Lipinski definition) is 5. The minimum absolute atomic E-state index is 0.180. The number of esters is 1. The lowest BCUT2D eigenvalue weighted by Crippen LogP contribution is -2.61. The van der Waals surface area contributed by atoms with Crippen molar-refractivity contribution in [2.45, 2.75) is 31.6 Å². The van der Waals surface area contributed by atoms with E-state index in [9.17, 15) is 15.0 Å². The number of anilines is 1. The third kappa shape index (κ3) is 2.57. The molecule has 5 heteroatoms. The number of aliphatic hydroxyl groups is 2. The van der Waals surface area contributed by atoms with Crippen molar-refractivity contribution >= 4 is 11.7 Å². The van der Waals surface area contributed by atoms with Crippen molar-refractivity contribution in [2.24, 2.45) is 0 Å². The zero-order valence-corrected chi connectivity index (χ0v) is 11.0. The van der Waals surface area contributed by atoms with E-state index in [1.165, 1.54) is 0 Å². The first-order valence-electron chi connectivity index (χ1n) is 6.49. The average Bonchev–Trinajstić information content (AvgIpc) is 2.43. The SMILES string of the molecule is CCOC(=O)C1(O)CCCN(c2ccccc2)C1O. The summed E-state index contributed by atoms with van der Waals surface area (Å²) >= 11 is 0. The van der Waals surface area contributed by atoms with Gasteiger partial charge >= 0.3 is 5.97 Å². The fourth-order valence-electron chi connectivity index (χ4n) is 2.38. The molecule has 1 fully saturated rings. The van der Waals surface area contributed by atoms with E-state index >= 15 is 0 Å². The molecule has 5 nitrogen and oxygen atoms in total. The van der Waals surface area contributed by atoms with Crippen LogP contribution in [0.25, 0.3) is 0 Å². The Hall–Kier alpha value is -1.59. The largest absolute Gasteiger partial charge is 0.464 e. The zero-order valence-electron chi connectivity index (χ0n) is 11.0. The minimum atomic E-state index is -1.86. The summed E-state index contributed by atoms with van der Waals surface area (Å²) in [6.07, 6.45) is -0.472. The molecule has 0 aromatic heterocycles. The van der Waals surface area contributed by atoms with Gasteiger partial charge in [-0.25, -0.2) is 4.79 Å². The summed E-state index contributed by atoms with van der Waals surface area (Å²) in [5.74, 6) is -0.761. The van der Waals surface area contributed by atoms with Crippen LogP contribution in [0.2, 0.25) is 0 Å². The summed E-state index contributed by atoms with van der Waals surface area (Å²) in [5, 5.41) is 20.7. The van der Waals surface area contributed by atoms with Gasteiger partial charge in [0.1, 0.15) is 0 Å². The van der Waals surface area contributed by atoms with Crippen LogP contribution in [0.3, 0.4) is 0 Å². The first kappa shape index (κ1) is 13.8. The van der Waals surface area contributed by atoms with Crippen molar-refractivity contribution in [2.75, 3.05) is 18.1 Å². The predicted molar refractivity (Wildman–Crippen MR) is 70.6 cm³/mol. The molecular formula is C14H19NO4. The zero-order chi connectivity index (χ0) is 13.9. The lowest BCUT2D eigenvalue weighted by molar-refractivity contribution is -0.182. The molecule has 2 unspecified atom stereocenters. The fraction of sp³-hybridized carbons (Fsp3) is 0.500. The van der Waals surface area contributed by atoms with E-state index in [0.717, 1.165) is 5.69 Å². The molecular weight excluding hydrogens is 246 g/mol. The van der Waals surface area contributed by atoms with Gasteiger partial charge in [0, 0.05) is 12.2 Å². The Morgan fingerprint density at radius 2 is 2.16 bits per heavy atom. The fourth-order valence-corrected chi connectivity index (χ4v) is 2.38. The molecule has 1 saturated heterocycles. The van der Waals surface area contributed by atoms with Crippen LogP contribution in [0.1, 0.15) is 19.8 Å². The van der Waals surface area contributed by atoms with Crippen molar-refractivity contribution in [3.8, 4) is 0 Å². The number of benzene rings is 1. The molecule has 0 radical (unpaired) electrons. The Kier molecular flexibility index (Phi) is 4.07. The Bertz CT molecular complexity index is 436. The first-order chi connectivity index (χ1) is 9.09. The van der Waals surface area contributed by atoms with Crippen LogP contribution in [0.4, 0.5) is 5.69 Å². The van der Waals surface area contributed by atoms with Crippen LogP contribution in [0.5, 0.6) is 0 Å². The van der Waals surface area contributed by atoms with Gasteiger partial charge in [0.2, 0.25) is 5.60 Å². The van der Waals surface area contributed by atoms with Crippen molar-refractivity contribution < 1.29 is 19.7 Å². The van der Waals surface area contributed by atoms with Gasteiger partial charge < -0.3 is 19.8 Å². The van der Waals surface area contributed by atoms with E-state index < -0.39 is 17.8 Å². The molecule has 0 spiro atoms. The van der Waals surface area contributed by atoms with E-state index in [1.54, 1.807) is 11.8 Å². The maximum Gasteiger partial charge on any atom is 0.342 e. The third-order valence-corrected chi connectivity index (χ3v) is 3.40. The van der Waals surface area contributed by atoms with Gasteiger partial charge in [0.15, 0.2) is 6.23 Å². The second-order valence-corrected chi connectivity index (χ2v) is 4.65. The van der Waals surface area contributed by atoms with Gasteiger partial charge in [-0.3, -0.25) is 0 Å². The van der Waals surface area contributed by atoms with Gasteiger partial charge in [-0.15, -0.1) is 0 Å². The summed E-state index contributed by atoms with van der Waals surface area (Å²) in [6, 6.07) is 9.23. The molecule has 0 saturated carbocycles. The average molecular weight is 265 g/mol. The van der Waals surface area contributed by atoms with Crippen LogP contribution < -0.4 is 4.90 Å². The van der Waals surface area contributed by atoms with Crippen molar-refractivity contribution in [1.29, 1.82) is 0 Å². The van der Waals surface area contributed by atoms with E-state index in [1.807, 2.05) is 30.3 Å². The highest BCUT2D eigenvalue weighted by atomic mass is 16.6. The molecule has 0 bridgehead atoms. The number of piperidine rings is 1. The van der Waals surface area contributed by atoms with Gasteiger partial charge in [-0.05, 0) is 31.9 Å². The van der Waals surface area contributed by atoms with Crippen molar-refractivity contribution in [3.05, 3.63) is 30.3 Å². The maximum absolute atomic E-state index is 11.8. The van der Waals surface area contributed by atoms with E-state index in [0.29, 0.717) is 13.0 Å². The lowest BCUT2D eigenvalue weighted by Gasteiger charge is -2.43. The highest BCUT2D eigenvalue weighted by Gasteiger charge is 2.49. The molecule has 2 N–H and O–H groups in total. The van der Waals surface area contributed by atoms with Gasteiger partial charge in [0.25, 0.3) is 0 Å². The van der Waals surface area contributed by atoms with Gasteiger partial charge in [-0.2, -0.15) is 0 Å². The summed E-state index contributed by atoms with van der Waals surface area (Å²) in [4.78, 5) is 13.5. The Balaban J connectivity index is 2.23. The van der Waals surface area contributed by atoms with Gasteiger partial charge in [0.05, 0.1) is 6.61 Å². The first-order valence-corrected chi connectivity index (χ1v) is 6.49. The Morgan fingerprint density at radius 1 is 1.47 bits per heavy atom. The number of hydrogen-bond donors (Lipinski definition) is 2. The molecule has 1 aliphatic rings. The van der Waals surface area contributed by atoms with Crippen LogP contribution >= 0.6 is 0 Å². The molecule has 2 rings (SSSR count). The number of ether oxygens (including phenoxy) is 1. The molecule has 0 amide bonds. The predicted octanol–water partition coefficient (Wildman–Crippen LogP) is 0.899. The summed E-state index contributed by atoms with van der Waals surface area (Å²) in [6.45, 7) is 2.44. The quantitative estimate of drug-likeness (QED) is 0.795. The second-order valence-electron chi connectivity index (χ2n) is 4.65. The molecule has 104 valence electrons. The monoisotopic (exact) mass is 265 g/mol. The van der Waals surface area contributed by atoms with Crippen LogP contribution in [-0.2, 0) is 9.53 Å². The molecule has 2 atom stereocenters. The smallest absolute Gasteiger partial charge is 0.342 e. The molecule has 1 heterocycles. The second kappa shape index (κ2) is 5.59. The van der Waals surface area contributed by atoms with Gasteiger partial charge in [-0.1, -0.05) is 18.2 Å².